The normalized spacial score (nSPS) is 11.2. The summed E-state index contributed by atoms with van der Waals surface area (Å²) in [6.07, 6.45) is 1.37. The number of H-pyrrole nitrogens is 1. The van der Waals surface area contributed by atoms with Crippen molar-refractivity contribution >= 4 is 5.65 Å². The number of aryl methyl sites for hydroxylation is 1. The third kappa shape index (κ3) is 2.38. The van der Waals surface area contributed by atoms with E-state index in [0.717, 1.165) is 11.1 Å². The molecule has 1 aromatic carbocycles. The van der Waals surface area contributed by atoms with E-state index >= 15 is 0 Å². The van der Waals surface area contributed by atoms with E-state index in [4.69, 9.17) is 0 Å². The Kier molecular flexibility index (Phi) is 3.94. The summed E-state index contributed by atoms with van der Waals surface area (Å²) in [7, 11) is 0. The number of halogens is 1. The number of hydrogen-bond acceptors (Lipinski definition) is 3. The van der Waals surface area contributed by atoms with Crippen molar-refractivity contribution in [1.82, 2.24) is 14.6 Å². The van der Waals surface area contributed by atoms with Gasteiger partial charge in [0.1, 0.15) is 18.3 Å². The fourth-order valence-corrected chi connectivity index (χ4v) is 2.88. The van der Waals surface area contributed by atoms with Gasteiger partial charge < -0.3 is 4.98 Å². The topological polar surface area (TPSA) is 73.9 Å². The molecule has 122 valence electrons. The molecule has 24 heavy (non-hydrogen) atoms. The number of fused-ring (bicyclic) bond motifs is 1. The molecule has 0 unspecified atom stereocenters. The lowest BCUT2D eigenvalue weighted by Crippen LogP contribution is -2.22. The van der Waals surface area contributed by atoms with Crippen LogP contribution in [0.1, 0.15) is 42.0 Å². The Hall–Kier alpha value is -2.94. The lowest BCUT2D eigenvalue weighted by Gasteiger charge is -2.14. The number of nitriles is 1. The maximum atomic E-state index is 13.0. The Morgan fingerprint density at radius 1 is 1.42 bits per heavy atom. The van der Waals surface area contributed by atoms with Gasteiger partial charge in [-0.25, -0.2) is 4.39 Å². The lowest BCUT2D eigenvalue weighted by atomic mass is 9.96. The van der Waals surface area contributed by atoms with E-state index in [-0.39, 0.29) is 11.5 Å². The van der Waals surface area contributed by atoms with Crippen LogP contribution in [0, 0.1) is 18.3 Å². The van der Waals surface area contributed by atoms with Gasteiger partial charge in [0.15, 0.2) is 5.65 Å². The van der Waals surface area contributed by atoms with Gasteiger partial charge in [-0.05, 0) is 35.6 Å². The first-order chi connectivity index (χ1) is 11.5. The van der Waals surface area contributed by atoms with Gasteiger partial charge >= 0.3 is 0 Å². The summed E-state index contributed by atoms with van der Waals surface area (Å²) in [5.41, 5.74) is 3.89. The van der Waals surface area contributed by atoms with E-state index in [1.807, 2.05) is 32.9 Å². The fourth-order valence-electron chi connectivity index (χ4n) is 2.88. The minimum absolute atomic E-state index is 0.0379. The molecule has 1 N–H and O–H groups in total. The summed E-state index contributed by atoms with van der Waals surface area (Å²) in [5.74, 6) is -0.0379. The Morgan fingerprint density at radius 2 is 2.17 bits per heavy atom. The van der Waals surface area contributed by atoms with Crippen LogP contribution in [-0.2, 0) is 6.67 Å². The summed E-state index contributed by atoms with van der Waals surface area (Å²) >= 11 is 0. The first-order valence-electron chi connectivity index (χ1n) is 7.67. The van der Waals surface area contributed by atoms with Gasteiger partial charge in [-0.15, -0.1) is 0 Å². The summed E-state index contributed by atoms with van der Waals surface area (Å²) in [6.45, 7) is 5.17. The number of alkyl halides is 1. The summed E-state index contributed by atoms with van der Waals surface area (Å²) < 4.78 is 14.2. The van der Waals surface area contributed by atoms with Crippen LogP contribution in [-0.4, -0.2) is 14.6 Å². The van der Waals surface area contributed by atoms with Gasteiger partial charge in [0.05, 0.1) is 11.9 Å². The summed E-state index contributed by atoms with van der Waals surface area (Å²) in [4.78, 5) is 16.0. The molecule has 0 fully saturated rings. The standard InChI is InChI=1S/C18H17FN4O/c1-10(2)15-16(12-4-5-13(7-19)11(3)6-12)22-17-14(8-20)9-21-23(17)18(15)24/h4-6,9-10,22H,7H2,1-3H3. The van der Waals surface area contributed by atoms with E-state index in [1.165, 1.54) is 10.7 Å². The van der Waals surface area contributed by atoms with Crippen molar-refractivity contribution < 1.29 is 4.39 Å². The smallest absolute Gasteiger partial charge is 0.278 e. The average molecular weight is 324 g/mol. The maximum Gasteiger partial charge on any atom is 0.278 e. The SMILES string of the molecule is Cc1cc(-c2[nH]c3c(C#N)cnn3c(=O)c2C(C)C)ccc1CF. The van der Waals surface area contributed by atoms with Crippen molar-refractivity contribution in [3.05, 3.63) is 57.0 Å². The molecule has 0 aliphatic heterocycles. The van der Waals surface area contributed by atoms with Crippen LogP contribution in [0.2, 0.25) is 0 Å². The second-order valence-electron chi connectivity index (χ2n) is 6.08. The highest BCUT2D eigenvalue weighted by Crippen LogP contribution is 2.28. The zero-order chi connectivity index (χ0) is 17.4. The fraction of sp³-hybridized carbons (Fsp3) is 0.278. The minimum Gasteiger partial charge on any atom is -0.338 e. The van der Waals surface area contributed by atoms with Gasteiger partial charge in [-0.2, -0.15) is 14.9 Å². The van der Waals surface area contributed by atoms with Crippen LogP contribution >= 0.6 is 0 Å². The molecule has 3 aromatic rings. The van der Waals surface area contributed by atoms with Crippen LogP contribution in [0.15, 0.2) is 29.2 Å². The van der Waals surface area contributed by atoms with Gasteiger partial charge in [-0.1, -0.05) is 26.0 Å². The highest BCUT2D eigenvalue weighted by molar-refractivity contribution is 5.69. The number of aromatic nitrogens is 3. The summed E-state index contributed by atoms with van der Waals surface area (Å²) in [5, 5.41) is 13.2. The average Bonchev–Trinajstić information content (AvgIpc) is 2.97. The van der Waals surface area contributed by atoms with Crippen molar-refractivity contribution in [1.29, 1.82) is 5.26 Å². The molecule has 0 spiro atoms. The predicted molar refractivity (Wildman–Crippen MR) is 89.6 cm³/mol. The van der Waals surface area contributed by atoms with Gasteiger partial charge in [0.25, 0.3) is 5.56 Å². The van der Waals surface area contributed by atoms with E-state index in [9.17, 15) is 14.4 Å². The molecule has 0 aliphatic carbocycles. The number of nitrogens with zero attached hydrogens (tertiary/aromatic N) is 3. The van der Waals surface area contributed by atoms with Crippen LogP contribution in [0.5, 0.6) is 0 Å². The molecule has 0 atom stereocenters. The highest BCUT2D eigenvalue weighted by Gasteiger charge is 2.19. The first-order valence-corrected chi connectivity index (χ1v) is 7.67. The van der Waals surface area contributed by atoms with E-state index in [1.54, 1.807) is 12.1 Å². The molecule has 0 saturated carbocycles. The second-order valence-corrected chi connectivity index (χ2v) is 6.08. The largest absolute Gasteiger partial charge is 0.338 e. The lowest BCUT2D eigenvalue weighted by molar-refractivity contribution is 0.483. The maximum absolute atomic E-state index is 13.0. The van der Waals surface area contributed by atoms with Crippen LogP contribution in [0.3, 0.4) is 0 Å². The quantitative estimate of drug-likeness (QED) is 0.801. The van der Waals surface area contributed by atoms with Crippen molar-refractivity contribution in [2.75, 3.05) is 0 Å². The molecular formula is C18H17FN4O. The predicted octanol–water partition coefficient (Wildman–Crippen LogP) is 3.46. The molecule has 2 aromatic heterocycles. The molecule has 6 heteroatoms. The van der Waals surface area contributed by atoms with E-state index in [2.05, 4.69) is 10.1 Å². The number of benzene rings is 1. The van der Waals surface area contributed by atoms with Crippen molar-refractivity contribution in [2.45, 2.75) is 33.4 Å². The van der Waals surface area contributed by atoms with E-state index in [0.29, 0.717) is 28.0 Å². The molecule has 0 amide bonds. The van der Waals surface area contributed by atoms with Gasteiger partial charge in [0.2, 0.25) is 0 Å². The summed E-state index contributed by atoms with van der Waals surface area (Å²) in [6, 6.07) is 7.39. The minimum atomic E-state index is -0.528. The molecule has 2 heterocycles. The molecule has 0 bridgehead atoms. The molecule has 0 aliphatic rings. The van der Waals surface area contributed by atoms with E-state index < -0.39 is 6.67 Å². The Morgan fingerprint density at radius 3 is 2.75 bits per heavy atom. The third-order valence-corrected chi connectivity index (χ3v) is 4.18. The molecule has 5 nitrogen and oxygen atoms in total. The molecule has 3 rings (SSSR count). The monoisotopic (exact) mass is 324 g/mol. The number of hydrogen-bond donors (Lipinski definition) is 1. The van der Waals surface area contributed by atoms with Gasteiger partial charge in [-0.3, -0.25) is 4.79 Å². The van der Waals surface area contributed by atoms with Crippen LogP contribution in [0.4, 0.5) is 4.39 Å². The molecule has 0 radical (unpaired) electrons. The van der Waals surface area contributed by atoms with Crippen molar-refractivity contribution in [2.24, 2.45) is 0 Å². The Labute approximate surface area is 138 Å². The highest BCUT2D eigenvalue weighted by atomic mass is 19.1. The van der Waals surface area contributed by atoms with Crippen molar-refractivity contribution in [3.8, 4) is 17.3 Å². The Balaban J connectivity index is 2.37. The number of aromatic amines is 1. The van der Waals surface area contributed by atoms with Crippen molar-refractivity contribution in [3.63, 3.8) is 0 Å². The number of nitrogens with one attached hydrogen (secondary N) is 1. The zero-order valence-electron chi connectivity index (χ0n) is 13.7. The Bertz CT molecular complexity index is 1020. The van der Waals surface area contributed by atoms with Crippen LogP contribution in [0.25, 0.3) is 16.9 Å². The second kappa shape index (κ2) is 5.93. The number of rotatable bonds is 3. The molecular weight excluding hydrogens is 307 g/mol. The third-order valence-electron chi connectivity index (χ3n) is 4.18. The first kappa shape index (κ1) is 15.9. The van der Waals surface area contributed by atoms with Crippen LogP contribution < -0.4 is 5.56 Å². The molecule has 0 saturated heterocycles. The van der Waals surface area contributed by atoms with Gasteiger partial charge in [0, 0.05) is 5.56 Å². The zero-order valence-corrected chi connectivity index (χ0v) is 13.7.